The molecule has 0 aliphatic carbocycles. The number of hydrazone groups is 1. The van der Waals surface area contributed by atoms with Gasteiger partial charge in [0.1, 0.15) is 6.54 Å². The van der Waals surface area contributed by atoms with Crippen LogP contribution in [0.4, 0.5) is 0 Å². The minimum Gasteiger partial charge on any atom is -0.273 e. The number of carbonyl (C=O) groups is 1. The van der Waals surface area contributed by atoms with Gasteiger partial charge < -0.3 is 0 Å². The standard InChI is InChI=1S/C17H14BrN5O/c18-14-8-6-13(7-9-14)16-10-15(12-4-2-1-3-5-12)21-23(16)17(24)11-20-22-19/h1-9,16H,10-11H2/t16-/m0/s1. The van der Waals surface area contributed by atoms with Gasteiger partial charge in [-0.2, -0.15) is 5.10 Å². The Balaban J connectivity index is 1.93. The number of rotatable bonds is 4. The van der Waals surface area contributed by atoms with Crippen LogP contribution in [0.5, 0.6) is 0 Å². The summed E-state index contributed by atoms with van der Waals surface area (Å²) >= 11 is 3.42. The Kier molecular flexibility index (Phi) is 4.93. The van der Waals surface area contributed by atoms with Crippen molar-refractivity contribution in [3.8, 4) is 0 Å². The molecule has 1 atom stereocenters. The largest absolute Gasteiger partial charge is 0.273 e. The van der Waals surface area contributed by atoms with Crippen LogP contribution < -0.4 is 0 Å². The average molecular weight is 384 g/mol. The van der Waals surface area contributed by atoms with Gasteiger partial charge in [-0.25, -0.2) is 5.01 Å². The molecule has 0 bridgehead atoms. The summed E-state index contributed by atoms with van der Waals surface area (Å²) in [6.07, 6.45) is 0.619. The first-order chi connectivity index (χ1) is 11.7. The van der Waals surface area contributed by atoms with E-state index in [0.717, 1.165) is 21.3 Å². The summed E-state index contributed by atoms with van der Waals surface area (Å²) in [5, 5.41) is 9.30. The maximum absolute atomic E-state index is 12.4. The molecule has 0 unspecified atom stereocenters. The number of hydrogen-bond acceptors (Lipinski definition) is 3. The van der Waals surface area contributed by atoms with E-state index in [1.165, 1.54) is 5.01 Å². The molecule has 0 N–H and O–H groups in total. The Labute approximate surface area is 147 Å². The number of hydrogen-bond donors (Lipinski definition) is 0. The molecule has 7 heteroatoms. The molecule has 0 saturated carbocycles. The minimum atomic E-state index is -0.313. The van der Waals surface area contributed by atoms with Crippen LogP contribution in [0.15, 0.2) is 69.3 Å². The first kappa shape index (κ1) is 16.2. The lowest BCUT2D eigenvalue weighted by Crippen LogP contribution is -2.28. The van der Waals surface area contributed by atoms with Gasteiger partial charge in [-0.15, -0.1) is 0 Å². The summed E-state index contributed by atoms with van der Waals surface area (Å²) in [5.74, 6) is -0.313. The molecule has 0 spiro atoms. The second-order valence-corrected chi connectivity index (χ2v) is 6.23. The molecule has 120 valence electrons. The Morgan fingerprint density at radius 1 is 1.25 bits per heavy atom. The number of azide groups is 1. The number of carbonyl (C=O) groups excluding carboxylic acids is 1. The number of amides is 1. The molecule has 3 rings (SSSR count). The van der Waals surface area contributed by atoms with Gasteiger partial charge in [-0.05, 0) is 28.8 Å². The second kappa shape index (κ2) is 7.29. The van der Waals surface area contributed by atoms with E-state index < -0.39 is 0 Å². The fourth-order valence-electron chi connectivity index (χ4n) is 2.65. The second-order valence-electron chi connectivity index (χ2n) is 5.31. The van der Waals surface area contributed by atoms with Gasteiger partial charge in [0.25, 0.3) is 0 Å². The third-order valence-corrected chi connectivity index (χ3v) is 4.33. The quantitative estimate of drug-likeness (QED) is 0.436. The van der Waals surface area contributed by atoms with Crippen molar-refractivity contribution in [2.24, 2.45) is 10.2 Å². The normalized spacial score (nSPS) is 16.5. The van der Waals surface area contributed by atoms with E-state index in [2.05, 4.69) is 31.1 Å². The maximum atomic E-state index is 12.4. The van der Waals surface area contributed by atoms with Crippen molar-refractivity contribution in [2.45, 2.75) is 12.5 Å². The van der Waals surface area contributed by atoms with E-state index in [9.17, 15) is 4.79 Å². The molecule has 1 heterocycles. The van der Waals surface area contributed by atoms with E-state index >= 15 is 0 Å². The Morgan fingerprint density at radius 3 is 2.62 bits per heavy atom. The van der Waals surface area contributed by atoms with Gasteiger partial charge in [-0.1, -0.05) is 63.5 Å². The highest BCUT2D eigenvalue weighted by Crippen LogP contribution is 2.33. The topological polar surface area (TPSA) is 81.4 Å². The van der Waals surface area contributed by atoms with Crippen LogP contribution in [0, 0.1) is 0 Å². The van der Waals surface area contributed by atoms with Crippen LogP contribution in [-0.2, 0) is 4.79 Å². The lowest BCUT2D eigenvalue weighted by atomic mass is 9.98. The fourth-order valence-corrected chi connectivity index (χ4v) is 2.92. The fraction of sp³-hybridized carbons (Fsp3) is 0.176. The Hall–Kier alpha value is -2.63. The van der Waals surface area contributed by atoms with Crippen molar-refractivity contribution in [2.75, 3.05) is 6.54 Å². The number of halogens is 1. The van der Waals surface area contributed by atoms with Crippen molar-refractivity contribution in [3.05, 3.63) is 80.6 Å². The molecule has 1 aliphatic heterocycles. The lowest BCUT2D eigenvalue weighted by Gasteiger charge is -2.21. The zero-order valence-corrected chi connectivity index (χ0v) is 14.3. The van der Waals surface area contributed by atoms with Crippen molar-refractivity contribution in [3.63, 3.8) is 0 Å². The highest BCUT2D eigenvalue weighted by molar-refractivity contribution is 9.10. The van der Waals surface area contributed by atoms with E-state index in [1.54, 1.807) is 0 Å². The monoisotopic (exact) mass is 383 g/mol. The van der Waals surface area contributed by atoms with Crippen LogP contribution in [0.1, 0.15) is 23.6 Å². The molecule has 0 aromatic heterocycles. The van der Waals surface area contributed by atoms with E-state index in [-0.39, 0.29) is 18.5 Å². The van der Waals surface area contributed by atoms with Gasteiger partial charge in [0.2, 0.25) is 5.91 Å². The van der Waals surface area contributed by atoms with Crippen molar-refractivity contribution < 1.29 is 4.79 Å². The predicted molar refractivity (Wildman–Crippen MR) is 95.3 cm³/mol. The first-order valence-electron chi connectivity index (χ1n) is 7.40. The highest BCUT2D eigenvalue weighted by Gasteiger charge is 2.32. The molecule has 24 heavy (non-hydrogen) atoms. The van der Waals surface area contributed by atoms with Gasteiger partial charge in [0.05, 0.1) is 11.8 Å². The first-order valence-corrected chi connectivity index (χ1v) is 8.19. The third-order valence-electron chi connectivity index (χ3n) is 3.80. The summed E-state index contributed by atoms with van der Waals surface area (Å²) in [6.45, 7) is -0.241. The summed E-state index contributed by atoms with van der Waals surface area (Å²) in [6, 6.07) is 17.4. The molecular formula is C17H14BrN5O. The molecule has 6 nitrogen and oxygen atoms in total. The summed E-state index contributed by atoms with van der Waals surface area (Å²) in [5.41, 5.74) is 11.3. The van der Waals surface area contributed by atoms with Crippen molar-refractivity contribution >= 4 is 27.5 Å². The molecule has 2 aromatic carbocycles. The predicted octanol–water partition coefficient (Wildman–Crippen LogP) is 4.44. The van der Waals surface area contributed by atoms with Crippen LogP contribution in [-0.4, -0.2) is 23.2 Å². The van der Waals surface area contributed by atoms with Gasteiger partial charge in [-0.3, -0.25) is 4.79 Å². The molecule has 1 amide bonds. The molecule has 0 fully saturated rings. The molecule has 2 aromatic rings. The SMILES string of the molecule is [N-]=[N+]=NCC(=O)N1N=C(c2ccccc2)C[C@H]1c1ccc(Br)cc1. The third kappa shape index (κ3) is 3.48. The molecule has 0 radical (unpaired) electrons. The van der Waals surface area contributed by atoms with Gasteiger partial charge in [0, 0.05) is 15.8 Å². The number of benzene rings is 2. The maximum Gasteiger partial charge on any atom is 0.249 e. The van der Waals surface area contributed by atoms with Crippen LogP contribution >= 0.6 is 15.9 Å². The average Bonchev–Trinajstić information content (AvgIpc) is 3.06. The zero-order chi connectivity index (χ0) is 16.9. The van der Waals surface area contributed by atoms with Crippen LogP contribution in [0.25, 0.3) is 10.4 Å². The van der Waals surface area contributed by atoms with E-state index in [1.807, 2.05) is 54.6 Å². The molecule has 1 aliphatic rings. The summed E-state index contributed by atoms with van der Waals surface area (Å²) in [7, 11) is 0. The van der Waals surface area contributed by atoms with E-state index in [4.69, 9.17) is 5.53 Å². The Morgan fingerprint density at radius 2 is 1.96 bits per heavy atom. The van der Waals surface area contributed by atoms with Crippen LogP contribution in [0.3, 0.4) is 0 Å². The molecular weight excluding hydrogens is 370 g/mol. The van der Waals surface area contributed by atoms with Crippen molar-refractivity contribution in [1.82, 2.24) is 5.01 Å². The van der Waals surface area contributed by atoms with Gasteiger partial charge >= 0.3 is 0 Å². The lowest BCUT2D eigenvalue weighted by molar-refractivity contribution is -0.131. The smallest absolute Gasteiger partial charge is 0.249 e. The van der Waals surface area contributed by atoms with Crippen molar-refractivity contribution in [1.29, 1.82) is 0 Å². The van der Waals surface area contributed by atoms with Gasteiger partial charge in [0.15, 0.2) is 0 Å². The minimum absolute atomic E-state index is 0.199. The Bertz CT molecular complexity index is 813. The highest BCUT2D eigenvalue weighted by atomic mass is 79.9. The summed E-state index contributed by atoms with van der Waals surface area (Å²) in [4.78, 5) is 15.0. The van der Waals surface area contributed by atoms with Crippen LogP contribution in [0.2, 0.25) is 0 Å². The number of nitrogens with zero attached hydrogens (tertiary/aromatic N) is 5. The zero-order valence-electron chi connectivity index (χ0n) is 12.7. The molecule has 0 saturated heterocycles. The summed E-state index contributed by atoms with van der Waals surface area (Å²) < 4.78 is 0.973. The van der Waals surface area contributed by atoms with E-state index in [0.29, 0.717) is 6.42 Å².